The van der Waals surface area contributed by atoms with Crippen molar-refractivity contribution in [2.24, 2.45) is 0 Å². The standard InChI is InChI=1S/C24H29FN4O4/c1-16-14-28(15-17(2)33-16)21-7-5-18(11-20(21)25)13-26-24(30)19-6-8-22(23(12-19)29(31)32)27-9-3-4-10-27/h5-8,11-12,16-17H,3-4,9-10,13-15H2,1-2H3,(H,26,30). The zero-order valence-electron chi connectivity index (χ0n) is 18.9. The predicted molar refractivity (Wildman–Crippen MR) is 124 cm³/mol. The van der Waals surface area contributed by atoms with Crippen LogP contribution in [-0.4, -0.2) is 49.2 Å². The molecule has 0 saturated carbocycles. The fourth-order valence-corrected chi connectivity index (χ4v) is 4.61. The molecular formula is C24H29FN4O4. The van der Waals surface area contributed by atoms with Crippen LogP contribution in [0.1, 0.15) is 42.6 Å². The second-order valence-corrected chi connectivity index (χ2v) is 8.79. The summed E-state index contributed by atoms with van der Waals surface area (Å²) in [5.74, 6) is -0.792. The number of anilines is 2. The van der Waals surface area contributed by atoms with Crippen LogP contribution in [0.25, 0.3) is 0 Å². The van der Waals surface area contributed by atoms with Gasteiger partial charge >= 0.3 is 0 Å². The average molecular weight is 457 g/mol. The molecule has 2 aromatic rings. The molecule has 0 bridgehead atoms. The highest BCUT2D eigenvalue weighted by molar-refractivity contribution is 5.95. The number of morpholine rings is 1. The maximum Gasteiger partial charge on any atom is 0.293 e. The Labute approximate surface area is 192 Å². The van der Waals surface area contributed by atoms with E-state index in [1.807, 2.05) is 23.6 Å². The number of amides is 1. The normalized spacial score (nSPS) is 20.7. The molecule has 0 aliphatic carbocycles. The molecule has 33 heavy (non-hydrogen) atoms. The third-order valence-corrected chi connectivity index (χ3v) is 6.11. The van der Waals surface area contributed by atoms with Gasteiger partial charge in [0, 0.05) is 44.4 Å². The maximum atomic E-state index is 14.8. The molecule has 0 spiro atoms. The lowest BCUT2D eigenvalue weighted by Crippen LogP contribution is -2.45. The third kappa shape index (κ3) is 5.24. The number of hydrogen-bond acceptors (Lipinski definition) is 6. The highest BCUT2D eigenvalue weighted by Gasteiger charge is 2.25. The molecule has 2 unspecified atom stereocenters. The van der Waals surface area contributed by atoms with Crippen LogP contribution in [0.4, 0.5) is 21.5 Å². The van der Waals surface area contributed by atoms with Crippen molar-refractivity contribution in [1.82, 2.24) is 5.32 Å². The van der Waals surface area contributed by atoms with Crippen LogP contribution in [0.3, 0.4) is 0 Å². The Kier molecular flexibility index (Phi) is 6.78. The first-order chi connectivity index (χ1) is 15.8. The summed E-state index contributed by atoms with van der Waals surface area (Å²) in [5, 5.41) is 14.3. The molecule has 2 atom stereocenters. The lowest BCUT2D eigenvalue weighted by atomic mass is 10.1. The predicted octanol–water partition coefficient (Wildman–Crippen LogP) is 3.88. The summed E-state index contributed by atoms with van der Waals surface area (Å²) < 4.78 is 20.5. The first kappa shape index (κ1) is 23.0. The molecule has 2 aromatic carbocycles. The van der Waals surface area contributed by atoms with Gasteiger partial charge in [0.2, 0.25) is 0 Å². The summed E-state index contributed by atoms with van der Waals surface area (Å²) in [6.45, 7) is 6.83. The molecule has 2 saturated heterocycles. The van der Waals surface area contributed by atoms with Crippen molar-refractivity contribution < 1.29 is 18.8 Å². The lowest BCUT2D eigenvalue weighted by Gasteiger charge is -2.37. The number of nitrogens with zero attached hydrogens (tertiary/aromatic N) is 3. The Morgan fingerprint density at radius 1 is 1.09 bits per heavy atom. The van der Waals surface area contributed by atoms with Crippen molar-refractivity contribution >= 4 is 23.0 Å². The highest BCUT2D eigenvalue weighted by atomic mass is 19.1. The van der Waals surface area contributed by atoms with E-state index in [0.29, 0.717) is 30.0 Å². The number of benzene rings is 2. The minimum atomic E-state index is -0.452. The number of nitrogens with one attached hydrogen (secondary N) is 1. The molecule has 176 valence electrons. The Hall–Kier alpha value is -3.20. The summed E-state index contributed by atoms with van der Waals surface area (Å²) in [7, 11) is 0. The van der Waals surface area contributed by atoms with E-state index < -0.39 is 10.8 Å². The largest absolute Gasteiger partial charge is 0.372 e. The van der Waals surface area contributed by atoms with Gasteiger partial charge in [-0.1, -0.05) is 6.07 Å². The zero-order valence-corrected chi connectivity index (χ0v) is 18.9. The van der Waals surface area contributed by atoms with Gasteiger partial charge in [-0.05, 0) is 56.5 Å². The quantitative estimate of drug-likeness (QED) is 0.524. The van der Waals surface area contributed by atoms with Crippen LogP contribution in [0.5, 0.6) is 0 Å². The molecule has 8 nitrogen and oxygen atoms in total. The molecular weight excluding hydrogens is 427 g/mol. The molecule has 2 fully saturated rings. The van der Waals surface area contributed by atoms with E-state index in [2.05, 4.69) is 5.32 Å². The number of nitro benzene ring substituents is 1. The number of ether oxygens (including phenoxy) is 1. The topological polar surface area (TPSA) is 88.0 Å². The van der Waals surface area contributed by atoms with E-state index in [0.717, 1.165) is 25.9 Å². The van der Waals surface area contributed by atoms with E-state index in [-0.39, 0.29) is 35.8 Å². The molecule has 0 aromatic heterocycles. The van der Waals surface area contributed by atoms with Crippen molar-refractivity contribution in [1.29, 1.82) is 0 Å². The van der Waals surface area contributed by atoms with E-state index >= 15 is 0 Å². The van der Waals surface area contributed by atoms with E-state index in [1.165, 1.54) is 12.1 Å². The molecule has 2 aliphatic rings. The average Bonchev–Trinajstić information content (AvgIpc) is 3.31. The molecule has 1 N–H and O–H groups in total. The molecule has 4 rings (SSSR count). The maximum absolute atomic E-state index is 14.8. The number of nitro groups is 1. The number of rotatable bonds is 6. The van der Waals surface area contributed by atoms with Crippen LogP contribution in [0.15, 0.2) is 36.4 Å². The van der Waals surface area contributed by atoms with E-state index in [4.69, 9.17) is 4.74 Å². The summed E-state index contributed by atoms with van der Waals surface area (Å²) >= 11 is 0. The highest BCUT2D eigenvalue weighted by Crippen LogP contribution is 2.31. The smallest absolute Gasteiger partial charge is 0.293 e. The molecule has 2 aliphatic heterocycles. The Bertz CT molecular complexity index is 1030. The number of carbonyl (C=O) groups is 1. The first-order valence-corrected chi connectivity index (χ1v) is 11.3. The second kappa shape index (κ2) is 9.74. The van der Waals surface area contributed by atoms with Crippen molar-refractivity contribution in [3.8, 4) is 0 Å². The van der Waals surface area contributed by atoms with Gasteiger partial charge in [-0.15, -0.1) is 0 Å². The van der Waals surface area contributed by atoms with E-state index in [1.54, 1.807) is 24.3 Å². The van der Waals surface area contributed by atoms with Crippen LogP contribution >= 0.6 is 0 Å². The molecule has 1 amide bonds. The van der Waals surface area contributed by atoms with Gasteiger partial charge in [-0.25, -0.2) is 4.39 Å². The first-order valence-electron chi connectivity index (χ1n) is 11.3. The van der Waals surface area contributed by atoms with Gasteiger partial charge in [-0.2, -0.15) is 0 Å². The SMILES string of the molecule is CC1CN(c2ccc(CNC(=O)c3ccc(N4CCCC4)c([N+](=O)[O-])c3)cc2F)CC(C)O1. The minimum Gasteiger partial charge on any atom is -0.372 e. The Morgan fingerprint density at radius 3 is 2.39 bits per heavy atom. The third-order valence-electron chi connectivity index (χ3n) is 6.11. The molecule has 9 heteroatoms. The lowest BCUT2D eigenvalue weighted by molar-refractivity contribution is -0.384. The Balaban J connectivity index is 1.43. The van der Waals surface area contributed by atoms with Gasteiger partial charge in [0.15, 0.2) is 0 Å². The van der Waals surface area contributed by atoms with Gasteiger partial charge in [0.05, 0.1) is 22.8 Å². The number of hydrogen-bond donors (Lipinski definition) is 1. The van der Waals surface area contributed by atoms with Gasteiger partial charge < -0.3 is 19.9 Å². The fraction of sp³-hybridized carbons (Fsp3) is 0.458. The zero-order chi connectivity index (χ0) is 23.5. The monoisotopic (exact) mass is 456 g/mol. The molecule has 2 heterocycles. The summed E-state index contributed by atoms with van der Waals surface area (Å²) in [5.41, 5.74) is 1.80. The number of halogens is 1. The van der Waals surface area contributed by atoms with Crippen LogP contribution < -0.4 is 15.1 Å². The summed E-state index contributed by atoms with van der Waals surface area (Å²) in [4.78, 5) is 27.7. The fourth-order valence-electron chi connectivity index (χ4n) is 4.61. The van der Waals surface area contributed by atoms with E-state index in [9.17, 15) is 19.3 Å². The van der Waals surface area contributed by atoms with Crippen LogP contribution in [-0.2, 0) is 11.3 Å². The van der Waals surface area contributed by atoms with Crippen molar-refractivity contribution in [3.63, 3.8) is 0 Å². The number of carbonyl (C=O) groups excluding carboxylic acids is 1. The van der Waals surface area contributed by atoms with Crippen LogP contribution in [0, 0.1) is 15.9 Å². The van der Waals surface area contributed by atoms with Gasteiger partial charge in [0.1, 0.15) is 11.5 Å². The second-order valence-electron chi connectivity index (χ2n) is 8.79. The summed E-state index contributed by atoms with van der Waals surface area (Å²) in [6.07, 6.45) is 2.04. The minimum absolute atomic E-state index is 0.0213. The van der Waals surface area contributed by atoms with Crippen molar-refractivity contribution in [2.45, 2.75) is 45.4 Å². The summed E-state index contributed by atoms with van der Waals surface area (Å²) in [6, 6.07) is 9.46. The van der Waals surface area contributed by atoms with Crippen molar-refractivity contribution in [3.05, 3.63) is 63.5 Å². The Morgan fingerprint density at radius 2 is 1.76 bits per heavy atom. The van der Waals surface area contributed by atoms with Crippen LogP contribution in [0.2, 0.25) is 0 Å². The van der Waals surface area contributed by atoms with Gasteiger partial charge in [0.25, 0.3) is 11.6 Å². The molecule has 0 radical (unpaired) electrons. The van der Waals surface area contributed by atoms with Gasteiger partial charge in [-0.3, -0.25) is 14.9 Å². The van der Waals surface area contributed by atoms with Crippen molar-refractivity contribution in [2.75, 3.05) is 36.0 Å².